The number of esters is 4. The first-order chi connectivity index (χ1) is 49.9. The minimum absolute atomic E-state index is 0.108. The molecule has 0 saturated carbocycles. The Balaban J connectivity index is 5.23. The number of unbranched alkanes of at least 4 members (excludes halogenated alkanes) is 52. The fraction of sp³-hybridized carbons (Fsp3) is 0.952. The van der Waals surface area contributed by atoms with Crippen LogP contribution in [0.25, 0.3) is 0 Å². The lowest BCUT2D eigenvalue weighted by atomic mass is 9.99. The van der Waals surface area contributed by atoms with Gasteiger partial charge in [-0.1, -0.05) is 395 Å². The smallest absolute Gasteiger partial charge is 0.462 e. The molecule has 0 saturated heterocycles. The van der Waals surface area contributed by atoms with Crippen LogP contribution in [0, 0.1) is 11.8 Å². The molecule has 0 amide bonds. The number of phosphoric acid groups is 2. The molecule has 0 aromatic carbocycles. The van der Waals surface area contributed by atoms with Crippen molar-refractivity contribution in [2.75, 3.05) is 39.6 Å². The lowest BCUT2D eigenvalue weighted by Gasteiger charge is -2.21. The zero-order chi connectivity index (χ0) is 75.6. The van der Waals surface area contributed by atoms with Crippen molar-refractivity contribution < 1.29 is 80.2 Å². The minimum atomic E-state index is -4.96. The maximum atomic E-state index is 13.1. The molecular weight excluding hydrogens is 1340 g/mol. The van der Waals surface area contributed by atoms with Crippen LogP contribution in [0.15, 0.2) is 0 Å². The van der Waals surface area contributed by atoms with Gasteiger partial charge >= 0.3 is 39.5 Å². The second kappa shape index (κ2) is 75.5. The maximum Gasteiger partial charge on any atom is 0.472 e. The SMILES string of the molecule is CCCCCCCCCCCCCCCCC(=O)O[C@H](COC(=O)CCCCCCCCCCCCCC)COP(=O)(O)OC[C@H](O)COP(=O)(O)OC[C@@H](COC(=O)CCCCCCCCCCCCCCC(C)C)OC(=O)CCCCCCCCCCCCCCCCCCCCC(C)CC. The van der Waals surface area contributed by atoms with Crippen molar-refractivity contribution in [3.05, 3.63) is 0 Å². The zero-order valence-electron chi connectivity index (χ0n) is 67.6. The number of aliphatic hydroxyl groups is 1. The Bertz CT molecular complexity index is 1980. The molecule has 0 heterocycles. The van der Waals surface area contributed by atoms with Crippen molar-refractivity contribution in [2.24, 2.45) is 11.8 Å². The predicted octanol–water partition coefficient (Wildman–Crippen LogP) is 25.5. The van der Waals surface area contributed by atoms with Crippen molar-refractivity contribution in [3.63, 3.8) is 0 Å². The van der Waals surface area contributed by atoms with Crippen LogP contribution in [0.2, 0.25) is 0 Å². The molecule has 3 N–H and O–H groups in total. The summed E-state index contributed by atoms with van der Waals surface area (Å²) in [5, 5.41) is 10.7. The topological polar surface area (TPSA) is 237 Å². The van der Waals surface area contributed by atoms with Gasteiger partial charge in [0.15, 0.2) is 12.2 Å². The number of carbonyl (C=O) groups is 4. The number of carbonyl (C=O) groups excluding carboxylic acids is 4. The van der Waals surface area contributed by atoms with E-state index < -0.39 is 97.5 Å². The highest BCUT2D eigenvalue weighted by atomic mass is 31.2. The quantitative estimate of drug-likeness (QED) is 0.0222. The first kappa shape index (κ1) is 101. The van der Waals surface area contributed by atoms with Crippen LogP contribution in [0.3, 0.4) is 0 Å². The third-order valence-corrected chi connectivity index (χ3v) is 22.0. The van der Waals surface area contributed by atoms with Gasteiger partial charge < -0.3 is 33.8 Å². The molecule has 0 aliphatic heterocycles. The number of aliphatic hydroxyl groups excluding tert-OH is 1. The molecule has 0 fully saturated rings. The highest BCUT2D eigenvalue weighted by molar-refractivity contribution is 7.47. The van der Waals surface area contributed by atoms with Crippen LogP contribution in [-0.2, 0) is 65.4 Å². The Morgan fingerprint density at radius 3 is 0.738 bits per heavy atom. The second-order valence-corrected chi connectivity index (χ2v) is 33.8. The Morgan fingerprint density at radius 1 is 0.282 bits per heavy atom. The minimum Gasteiger partial charge on any atom is -0.462 e. The van der Waals surface area contributed by atoms with Gasteiger partial charge in [0, 0.05) is 25.7 Å². The van der Waals surface area contributed by atoms with Crippen LogP contribution in [0.1, 0.15) is 446 Å². The summed E-state index contributed by atoms with van der Waals surface area (Å²) >= 11 is 0. The van der Waals surface area contributed by atoms with E-state index in [-0.39, 0.29) is 25.7 Å². The molecule has 103 heavy (non-hydrogen) atoms. The molecule has 3 unspecified atom stereocenters. The Morgan fingerprint density at radius 2 is 0.495 bits per heavy atom. The number of rotatable bonds is 83. The fourth-order valence-electron chi connectivity index (χ4n) is 13.0. The van der Waals surface area contributed by atoms with E-state index in [1.54, 1.807) is 0 Å². The van der Waals surface area contributed by atoms with Crippen LogP contribution >= 0.6 is 15.6 Å². The van der Waals surface area contributed by atoms with Crippen molar-refractivity contribution in [1.82, 2.24) is 0 Å². The third kappa shape index (κ3) is 76.6. The molecule has 0 aromatic heterocycles. The first-order valence-electron chi connectivity index (χ1n) is 43.5. The molecule has 6 atom stereocenters. The standard InChI is InChI=1S/C84H164O17P2/c1-7-10-12-14-16-18-20-22-30-38-44-50-56-62-68-83(88)100-79(72-94-81(86)66-60-54-48-42-36-21-19-17-15-13-11-8-2)74-98-102(90,91)96-70-78(85)71-97-103(92,93)99-75-80(73-95-82(87)67-61-55-49-43-37-33-32-34-40-46-52-58-64-76(4)5)101-84(89)69-63-57-51-45-39-31-28-26-24-23-25-27-29-35-41-47-53-59-65-77(6)9-3/h76-80,85H,7-75H2,1-6H3,(H,90,91)(H,92,93)/t77?,78-,79+,80+/m0/s1. The average molecular weight is 1510 g/mol. The molecule has 0 rings (SSSR count). The van der Waals surface area contributed by atoms with Crippen LogP contribution in [0.5, 0.6) is 0 Å². The number of ether oxygens (including phenoxy) is 4. The lowest BCUT2D eigenvalue weighted by Crippen LogP contribution is -2.30. The summed E-state index contributed by atoms with van der Waals surface area (Å²) in [5.74, 6) is -0.449. The van der Waals surface area contributed by atoms with Gasteiger partial charge in [0.05, 0.1) is 26.4 Å². The van der Waals surface area contributed by atoms with E-state index in [1.807, 2.05) is 0 Å². The Kier molecular flexibility index (Phi) is 74.1. The predicted molar refractivity (Wildman–Crippen MR) is 423 cm³/mol. The van der Waals surface area contributed by atoms with E-state index >= 15 is 0 Å². The summed E-state index contributed by atoms with van der Waals surface area (Å²) in [7, 11) is -9.92. The van der Waals surface area contributed by atoms with Gasteiger partial charge in [-0.05, 0) is 37.5 Å². The van der Waals surface area contributed by atoms with E-state index in [9.17, 15) is 43.2 Å². The Labute approximate surface area is 632 Å². The average Bonchev–Trinajstić information content (AvgIpc) is 0.911. The summed E-state index contributed by atoms with van der Waals surface area (Å²) in [6, 6.07) is 0. The van der Waals surface area contributed by atoms with E-state index in [4.69, 9.17) is 37.0 Å². The highest BCUT2D eigenvalue weighted by Crippen LogP contribution is 2.45. The number of hydrogen-bond acceptors (Lipinski definition) is 15. The van der Waals surface area contributed by atoms with Gasteiger partial charge in [-0.15, -0.1) is 0 Å². The van der Waals surface area contributed by atoms with E-state index in [2.05, 4.69) is 41.5 Å². The lowest BCUT2D eigenvalue weighted by molar-refractivity contribution is -0.161. The summed E-state index contributed by atoms with van der Waals surface area (Å²) in [4.78, 5) is 73.1. The van der Waals surface area contributed by atoms with Gasteiger partial charge in [-0.2, -0.15) is 0 Å². The zero-order valence-corrected chi connectivity index (χ0v) is 69.4. The van der Waals surface area contributed by atoms with Crippen molar-refractivity contribution in [3.8, 4) is 0 Å². The van der Waals surface area contributed by atoms with E-state index in [1.165, 1.54) is 263 Å². The van der Waals surface area contributed by atoms with Gasteiger partial charge in [0.2, 0.25) is 0 Å². The molecule has 612 valence electrons. The van der Waals surface area contributed by atoms with Gasteiger partial charge in [-0.25, -0.2) is 9.13 Å². The van der Waals surface area contributed by atoms with Gasteiger partial charge in [0.1, 0.15) is 19.3 Å². The molecule has 17 nitrogen and oxygen atoms in total. The molecule has 0 spiro atoms. The first-order valence-corrected chi connectivity index (χ1v) is 46.5. The maximum absolute atomic E-state index is 13.1. The Hall–Kier alpha value is -1.94. The number of phosphoric ester groups is 2. The molecule has 19 heteroatoms. The number of hydrogen-bond donors (Lipinski definition) is 3. The van der Waals surface area contributed by atoms with Crippen LogP contribution < -0.4 is 0 Å². The largest absolute Gasteiger partial charge is 0.472 e. The van der Waals surface area contributed by atoms with Crippen molar-refractivity contribution >= 4 is 39.5 Å². The van der Waals surface area contributed by atoms with Crippen molar-refractivity contribution in [1.29, 1.82) is 0 Å². The molecular formula is C84H164O17P2. The van der Waals surface area contributed by atoms with Crippen LogP contribution in [0.4, 0.5) is 0 Å². The molecule has 0 aliphatic rings. The molecule has 0 radical (unpaired) electrons. The fourth-order valence-corrected chi connectivity index (χ4v) is 14.6. The summed E-state index contributed by atoms with van der Waals surface area (Å²) in [6.45, 7) is 9.74. The summed E-state index contributed by atoms with van der Waals surface area (Å²) in [5.41, 5.74) is 0. The summed E-state index contributed by atoms with van der Waals surface area (Å²) in [6.07, 6.45) is 66.4. The van der Waals surface area contributed by atoms with E-state index in [0.29, 0.717) is 25.7 Å². The molecule has 0 aromatic rings. The molecule has 0 aliphatic carbocycles. The van der Waals surface area contributed by atoms with Gasteiger partial charge in [0.25, 0.3) is 0 Å². The summed E-state index contributed by atoms with van der Waals surface area (Å²) < 4.78 is 68.8. The monoisotopic (exact) mass is 1510 g/mol. The third-order valence-electron chi connectivity index (χ3n) is 20.1. The van der Waals surface area contributed by atoms with Crippen LogP contribution in [-0.4, -0.2) is 96.7 Å². The van der Waals surface area contributed by atoms with Gasteiger partial charge in [-0.3, -0.25) is 37.3 Å². The van der Waals surface area contributed by atoms with E-state index in [0.717, 1.165) is 102 Å². The normalized spacial score (nSPS) is 14.1. The highest BCUT2D eigenvalue weighted by Gasteiger charge is 2.30. The second-order valence-electron chi connectivity index (χ2n) is 30.9. The van der Waals surface area contributed by atoms with Crippen molar-refractivity contribution in [2.45, 2.75) is 464 Å². The molecule has 0 bridgehead atoms.